The van der Waals surface area contributed by atoms with Gasteiger partial charge >= 0.3 is 5.97 Å². The minimum atomic E-state index is -3.90. The fourth-order valence-electron chi connectivity index (χ4n) is 7.38. The SMILES string of the molecule is C=C[C@H]1C[C@]1(NC(=O)[C@@H]1C[C@@H]2CN1C(=O)[C@H](C(C)(C)C)CC(=O)OCCC/C=C/c1ccc3nc(-c4ccccc4)nc(c3c1)O2)C(=O)NS(=O)(=O)C1CC1. The molecule has 4 bridgehead atoms. The first-order valence-corrected chi connectivity index (χ1v) is 20.4. The van der Waals surface area contributed by atoms with Crippen molar-refractivity contribution in [2.45, 2.75) is 88.7 Å². The monoisotopic (exact) mass is 769 g/mol. The molecule has 2 aliphatic heterocycles. The third-order valence-corrected chi connectivity index (χ3v) is 12.7. The molecule has 55 heavy (non-hydrogen) atoms. The summed E-state index contributed by atoms with van der Waals surface area (Å²) < 4.78 is 39.9. The lowest BCUT2D eigenvalue weighted by Crippen LogP contribution is -2.57. The second-order valence-electron chi connectivity index (χ2n) is 16.0. The van der Waals surface area contributed by atoms with Crippen LogP contribution in [0, 0.1) is 17.3 Å². The number of aromatic nitrogens is 2. The quantitative estimate of drug-likeness (QED) is 0.253. The molecule has 3 heterocycles. The third kappa shape index (κ3) is 8.14. The Balaban J connectivity index is 1.26. The Morgan fingerprint density at radius 1 is 1.07 bits per heavy atom. The highest BCUT2D eigenvalue weighted by Crippen LogP contribution is 2.46. The van der Waals surface area contributed by atoms with Crippen molar-refractivity contribution >= 4 is 50.7 Å². The first-order chi connectivity index (χ1) is 26.2. The summed E-state index contributed by atoms with van der Waals surface area (Å²) in [5.74, 6) is -3.09. The van der Waals surface area contributed by atoms with Crippen molar-refractivity contribution < 1.29 is 37.1 Å². The van der Waals surface area contributed by atoms with Gasteiger partial charge in [0.05, 0.1) is 41.6 Å². The van der Waals surface area contributed by atoms with Gasteiger partial charge in [-0.2, -0.15) is 4.98 Å². The number of sulfonamides is 1. The number of fused-ring (bicyclic) bond motifs is 3. The van der Waals surface area contributed by atoms with Gasteiger partial charge in [-0.15, -0.1) is 6.58 Å². The number of carbonyl (C=O) groups is 4. The normalized spacial score (nSPS) is 26.6. The summed E-state index contributed by atoms with van der Waals surface area (Å²) in [4.78, 5) is 66.9. The van der Waals surface area contributed by atoms with Gasteiger partial charge in [-0.05, 0) is 55.2 Å². The zero-order chi connectivity index (χ0) is 39.1. The van der Waals surface area contributed by atoms with E-state index in [9.17, 15) is 27.6 Å². The van der Waals surface area contributed by atoms with Gasteiger partial charge in [0.2, 0.25) is 27.7 Å². The van der Waals surface area contributed by atoms with Crippen molar-refractivity contribution in [3.05, 3.63) is 72.8 Å². The van der Waals surface area contributed by atoms with Crippen LogP contribution in [0.5, 0.6) is 5.88 Å². The van der Waals surface area contributed by atoms with E-state index in [0.717, 1.165) is 11.1 Å². The number of rotatable bonds is 7. The molecule has 1 saturated heterocycles. The Kier molecular flexibility index (Phi) is 10.3. The highest BCUT2D eigenvalue weighted by atomic mass is 32.2. The predicted octanol–water partition coefficient (Wildman–Crippen LogP) is 4.72. The fourth-order valence-corrected chi connectivity index (χ4v) is 8.74. The smallest absolute Gasteiger partial charge is 0.306 e. The topological polar surface area (TPSA) is 174 Å². The van der Waals surface area contributed by atoms with Gasteiger partial charge in [0.15, 0.2) is 5.82 Å². The average molecular weight is 770 g/mol. The van der Waals surface area contributed by atoms with Crippen LogP contribution in [-0.2, 0) is 33.9 Å². The second kappa shape index (κ2) is 14.9. The lowest BCUT2D eigenvalue weighted by atomic mass is 9.77. The summed E-state index contributed by atoms with van der Waals surface area (Å²) in [5, 5.41) is 2.84. The van der Waals surface area contributed by atoms with Gasteiger partial charge in [-0.25, -0.2) is 13.4 Å². The summed E-state index contributed by atoms with van der Waals surface area (Å²) >= 11 is 0. The lowest BCUT2D eigenvalue weighted by molar-refractivity contribution is -0.153. The molecule has 2 saturated carbocycles. The zero-order valence-corrected chi connectivity index (χ0v) is 32.1. The van der Waals surface area contributed by atoms with Gasteiger partial charge in [-0.1, -0.05) is 75.4 Å². The maximum atomic E-state index is 14.7. The van der Waals surface area contributed by atoms with E-state index in [1.165, 1.54) is 11.0 Å². The number of nitrogens with one attached hydrogen (secondary N) is 2. The number of benzene rings is 2. The highest BCUT2D eigenvalue weighted by Gasteiger charge is 2.62. The van der Waals surface area contributed by atoms with Crippen LogP contribution in [0.2, 0.25) is 0 Å². The van der Waals surface area contributed by atoms with E-state index >= 15 is 0 Å². The number of cyclic esters (lactones) is 1. The van der Waals surface area contributed by atoms with Gasteiger partial charge in [0.1, 0.15) is 17.7 Å². The van der Waals surface area contributed by atoms with Crippen molar-refractivity contribution in [1.29, 1.82) is 0 Å². The summed E-state index contributed by atoms with van der Waals surface area (Å²) in [6.45, 7) is 9.52. The Morgan fingerprint density at radius 2 is 1.84 bits per heavy atom. The number of hydrogen-bond donors (Lipinski definition) is 2. The van der Waals surface area contributed by atoms with Crippen molar-refractivity contribution in [1.82, 2.24) is 24.9 Å². The molecule has 2 N–H and O–H groups in total. The van der Waals surface area contributed by atoms with Crippen molar-refractivity contribution in [3.8, 4) is 17.3 Å². The van der Waals surface area contributed by atoms with E-state index < -0.39 is 73.9 Å². The molecule has 7 rings (SSSR count). The Hall–Kier alpha value is -5.11. The van der Waals surface area contributed by atoms with Crippen molar-refractivity contribution in [3.63, 3.8) is 0 Å². The first-order valence-electron chi connectivity index (χ1n) is 18.9. The van der Waals surface area contributed by atoms with Crippen molar-refractivity contribution in [2.24, 2.45) is 17.3 Å². The van der Waals surface area contributed by atoms with Crippen LogP contribution >= 0.6 is 0 Å². The molecule has 0 unspecified atom stereocenters. The van der Waals surface area contributed by atoms with Gasteiger partial charge in [0.25, 0.3) is 5.91 Å². The maximum absolute atomic E-state index is 14.7. The van der Waals surface area contributed by atoms with E-state index in [2.05, 4.69) is 16.6 Å². The zero-order valence-electron chi connectivity index (χ0n) is 31.3. The molecule has 2 aliphatic carbocycles. The summed E-state index contributed by atoms with van der Waals surface area (Å²) in [6.07, 6.45) is 6.90. The van der Waals surface area contributed by atoms with Crippen LogP contribution in [0.4, 0.5) is 0 Å². The molecule has 0 spiro atoms. The molecule has 2 aromatic carbocycles. The van der Waals surface area contributed by atoms with Crippen LogP contribution in [0.15, 0.2) is 67.3 Å². The van der Waals surface area contributed by atoms with Crippen LogP contribution < -0.4 is 14.8 Å². The second-order valence-corrected chi connectivity index (χ2v) is 18.0. The summed E-state index contributed by atoms with van der Waals surface area (Å²) in [7, 11) is -3.90. The van der Waals surface area contributed by atoms with E-state index in [1.807, 2.05) is 81.5 Å². The standard InChI is InChI=1S/C41H47N5O8S/c1-5-27-23-41(27,39(50)45-55(51,52)29-16-17-29)44-36(48)33-21-28-24-46(33)38(49)31(40(2,3)4)22-34(47)53-19-11-7-8-12-25-15-18-32-30(20-25)37(54-28)43-35(42-32)26-13-9-6-10-14-26/h5-6,8-10,12-15,18,20,27-29,31,33H,1,7,11,16-17,19,21-24H2,2-4H3,(H,44,48)(H,45,50)/b12-8+/t27-,28+,31+,33-,41+/m0/s1. The van der Waals surface area contributed by atoms with Crippen molar-refractivity contribution in [2.75, 3.05) is 13.2 Å². The average Bonchev–Trinajstić information content (AvgIpc) is 4.08. The summed E-state index contributed by atoms with van der Waals surface area (Å²) in [5.41, 5.74) is 0.0565. The third-order valence-electron chi connectivity index (χ3n) is 10.9. The van der Waals surface area contributed by atoms with Crippen LogP contribution in [0.3, 0.4) is 0 Å². The fraction of sp³-hybridized carbons (Fsp3) is 0.463. The molecule has 290 valence electrons. The number of allylic oxidation sites excluding steroid dienone is 1. The maximum Gasteiger partial charge on any atom is 0.306 e. The van der Waals surface area contributed by atoms with E-state index in [1.54, 1.807) is 0 Å². The predicted molar refractivity (Wildman–Crippen MR) is 206 cm³/mol. The number of nitrogens with zero attached hydrogens (tertiary/aromatic N) is 3. The minimum Gasteiger partial charge on any atom is -0.472 e. The number of hydrogen-bond acceptors (Lipinski definition) is 10. The highest BCUT2D eigenvalue weighted by molar-refractivity contribution is 7.91. The van der Waals surface area contributed by atoms with E-state index in [0.29, 0.717) is 42.4 Å². The number of amides is 3. The van der Waals surface area contributed by atoms with Crippen LogP contribution in [0.1, 0.15) is 71.3 Å². The number of ether oxygens (including phenoxy) is 2. The molecule has 14 heteroatoms. The van der Waals surface area contributed by atoms with E-state index in [4.69, 9.17) is 19.4 Å². The Labute approximate surface area is 321 Å². The molecule has 1 aromatic heterocycles. The molecule has 3 amide bonds. The number of esters is 1. The van der Waals surface area contributed by atoms with Crippen LogP contribution in [-0.4, -0.2) is 83.1 Å². The molecular weight excluding hydrogens is 723 g/mol. The lowest BCUT2D eigenvalue weighted by Gasteiger charge is -2.35. The molecule has 13 nitrogen and oxygen atoms in total. The van der Waals surface area contributed by atoms with Crippen LogP contribution in [0.25, 0.3) is 28.4 Å². The molecule has 0 radical (unpaired) electrons. The summed E-state index contributed by atoms with van der Waals surface area (Å²) in [6, 6.07) is 14.1. The Bertz CT molecular complexity index is 2160. The Morgan fingerprint density at radius 3 is 2.53 bits per heavy atom. The largest absolute Gasteiger partial charge is 0.472 e. The first kappa shape index (κ1) is 38.2. The molecular formula is C41H47N5O8S. The van der Waals surface area contributed by atoms with Gasteiger partial charge in [0, 0.05) is 17.9 Å². The molecule has 4 aliphatic rings. The van der Waals surface area contributed by atoms with Gasteiger partial charge in [-0.3, -0.25) is 23.9 Å². The molecule has 5 atom stereocenters. The number of carbonyl (C=O) groups excluding carboxylic acids is 4. The molecule has 3 aromatic rings. The van der Waals surface area contributed by atoms with Gasteiger partial charge < -0.3 is 19.7 Å². The minimum absolute atomic E-state index is 0.0234. The molecule has 3 fully saturated rings. The van der Waals surface area contributed by atoms with E-state index in [-0.39, 0.29) is 38.3 Å².